The summed E-state index contributed by atoms with van der Waals surface area (Å²) in [7, 11) is 0. The Bertz CT molecular complexity index is 717. The van der Waals surface area contributed by atoms with Gasteiger partial charge in [0.2, 0.25) is 0 Å². The van der Waals surface area contributed by atoms with E-state index in [1.54, 1.807) is 24.4 Å². The van der Waals surface area contributed by atoms with Crippen LogP contribution < -0.4 is 5.32 Å². The monoisotopic (exact) mass is 338 g/mol. The van der Waals surface area contributed by atoms with Crippen molar-refractivity contribution in [1.29, 1.82) is 0 Å². The molecule has 3 rings (SSSR count). The second-order valence-corrected chi connectivity index (χ2v) is 8.40. The molecule has 0 spiro atoms. The van der Waals surface area contributed by atoms with Gasteiger partial charge in [0.25, 0.3) is 0 Å². The van der Waals surface area contributed by atoms with Gasteiger partial charge in [0.1, 0.15) is 22.2 Å². The first kappa shape index (κ1) is 15.5. The third-order valence-corrected chi connectivity index (χ3v) is 6.25. The van der Waals surface area contributed by atoms with E-state index in [1.165, 1.54) is 29.2 Å². The number of carbonyl (C=O) groups is 1. The van der Waals surface area contributed by atoms with Gasteiger partial charge in [-0.25, -0.2) is 9.37 Å². The molecule has 0 bridgehead atoms. The van der Waals surface area contributed by atoms with Gasteiger partial charge in [-0.1, -0.05) is 18.2 Å². The van der Waals surface area contributed by atoms with Crippen molar-refractivity contribution in [2.45, 2.75) is 30.0 Å². The molecule has 1 aromatic carbocycles. The summed E-state index contributed by atoms with van der Waals surface area (Å²) in [5, 5.41) is 13.0. The maximum atomic E-state index is 13.8. The van der Waals surface area contributed by atoms with Crippen LogP contribution in [0.5, 0.6) is 0 Å². The number of aliphatic carboxylic acids is 1. The topological polar surface area (TPSA) is 62.2 Å². The highest BCUT2D eigenvalue weighted by Crippen LogP contribution is 2.47. The quantitative estimate of drug-likeness (QED) is 0.897. The highest BCUT2D eigenvalue weighted by molar-refractivity contribution is 8.01. The van der Waals surface area contributed by atoms with Crippen LogP contribution in [-0.4, -0.2) is 26.8 Å². The summed E-state index contributed by atoms with van der Waals surface area (Å²) in [6.07, 6.45) is 1.64. The lowest BCUT2D eigenvalue weighted by Gasteiger charge is -2.20. The molecule has 1 saturated heterocycles. The van der Waals surface area contributed by atoms with E-state index in [2.05, 4.69) is 10.3 Å². The van der Waals surface area contributed by atoms with Crippen molar-refractivity contribution in [2.75, 3.05) is 0 Å². The third-order valence-electron chi connectivity index (χ3n) is 3.57. The van der Waals surface area contributed by atoms with Gasteiger partial charge in [-0.05, 0) is 19.9 Å². The second kappa shape index (κ2) is 5.64. The number of nitrogens with zero attached hydrogens (tertiary/aromatic N) is 1. The lowest BCUT2D eigenvalue weighted by atomic mass is 10.0. The standard InChI is InChI=1S/C15H15FN2O2S2/c1-15(2)11(14(19)20)18-13(22-15)12-17-7-10(21-12)8-5-3-4-6-9(8)16/h3-7,11,13,18H,1-2H3,(H,19,20). The minimum absolute atomic E-state index is 0.193. The van der Waals surface area contributed by atoms with Crippen LogP contribution in [0.3, 0.4) is 0 Å². The Labute approximate surface area is 135 Å². The molecule has 0 aliphatic carbocycles. The van der Waals surface area contributed by atoms with Crippen LogP contribution in [0.25, 0.3) is 10.4 Å². The molecule has 116 valence electrons. The van der Waals surface area contributed by atoms with Crippen LogP contribution in [0.15, 0.2) is 30.5 Å². The van der Waals surface area contributed by atoms with Gasteiger partial charge in [0, 0.05) is 16.5 Å². The van der Waals surface area contributed by atoms with Crippen molar-refractivity contribution >= 4 is 29.1 Å². The summed E-state index contributed by atoms with van der Waals surface area (Å²) in [4.78, 5) is 16.4. The Morgan fingerprint density at radius 2 is 2.14 bits per heavy atom. The molecule has 1 aliphatic heterocycles. The number of thiazole rings is 1. The van der Waals surface area contributed by atoms with E-state index in [0.717, 1.165) is 9.88 Å². The molecule has 2 unspecified atom stereocenters. The van der Waals surface area contributed by atoms with Crippen LogP contribution in [0.1, 0.15) is 24.2 Å². The first-order chi connectivity index (χ1) is 10.4. The number of rotatable bonds is 3. The van der Waals surface area contributed by atoms with E-state index in [9.17, 15) is 14.3 Å². The Morgan fingerprint density at radius 1 is 1.41 bits per heavy atom. The largest absolute Gasteiger partial charge is 0.480 e. The van der Waals surface area contributed by atoms with Crippen LogP contribution in [0.2, 0.25) is 0 Å². The molecule has 0 saturated carbocycles. The van der Waals surface area contributed by atoms with Gasteiger partial charge in [0.15, 0.2) is 0 Å². The van der Waals surface area contributed by atoms with Gasteiger partial charge in [-0.15, -0.1) is 23.1 Å². The number of aromatic nitrogens is 1. The molecule has 2 aromatic rings. The average Bonchev–Trinajstić information content (AvgIpc) is 3.03. The zero-order valence-corrected chi connectivity index (χ0v) is 13.7. The third kappa shape index (κ3) is 2.76. The highest BCUT2D eigenvalue weighted by atomic mass is 32.2. The number of carboxylic acids is 1. The highest BCUT2D eigenvalue weighted by Gasteiger charge is 2.46. The fourth-order valence-electron chi connectivity index (χ4n) is 2.44. The number of hydrogen-bond acceptors (Lipinski definition) is 5. The molecule has 0 amide bonds. The summed E-state index contributed by atoms with van der Waals surface area (Å²) < 4.78 is 13.4. The van der Waals surface area contributed by atoms with Gasteiger partial charge < -0.3 is 5.11 Å². The maximum absolute atomic E-state index is 13.8. The zero-order chi connectivity index (χ0) is 15.9. The van der Waals surface area contributed by atoms with Gasteiger partial charge in [-0.2, -0.15) is 0 Å². The van der Waals surface area contributed by atoms with E-state index in [0.29, 0.717) is 5.56 Å². The summed E-state index contributed by atoms with van der Waals surface area (Å²) in [5.74, 6) is -1.15. The number of benzene rings is 1. The Hall–Kier alpha value is -1.44. The molecule has 4 nitrogen and oxygen atoms in total. The molecular weight excluding hydrogens is 323 g/mol. The smallest absolute Gasteiger partial charge is 0.322 e. The SMILES string of the molecule is CC1(C)SC(c2ncc(-c3ccccc3F)s2)NC1C(=O)O. The number of thioether (sulfide) groups is 1. The summed E-state index contributed by atoms with van der Waals surface area (Å²) in [6, 6.07) is 5.93. The molecule has 0 radical (unpaired) electrons. The Balaban J connectivity index is 1.87. The first-order valence-electron chi connectivity index (χ1n) is 6.76. The fourth-order valence-corrected chi connectivity index (χ4v) is 4.90. The molecule has 7 heteroatoms. The number of carboxylic acid groups (broad SMARTS) is 1. The normalized spacial score (nSPS) is 23.6. The average molecular weight is 338 g/mol. The van der Waals surface area contributed by atoms with E-state index < -0.39 is 16.8 Å². The Morgan fingerprint density at radius 3 is 2.77 bits per heavy atom. The number of nitrogens with one attached hydrogen (secondary N) is 1. The molecule has 22 heavy (non-hydrogen) atoms. The lowest BCUT2D eigenvalue weighted by molar-refractivity contribution is -0.139. The lowest BCUT2D eigenvalue weighted by Crippen LogP contribution is -2.43. The molecular formula is C15H15FN2O2S2. The van der Waals surface area contributed by atoms with E-state index >= 15 is 0 Å². The van der Waals surface area contributed by atoms with Gasteiger partial charge in [0.05, 0.1) is 4.88 Å². The van der Waals surface area contributed by atoms with Crippen molar-refractivity contribution < 1.29 is 14.3 Å². The van der Waals surface area contributed by atoms with Crippen molar-refractivity contribution in [3.8, 4) is 10.4 Å². The number of halogens is 1. The fraction of sp³-hybridized carbons (Fsp3) is 0.333. The summed E-state index contributed by atoms with van der Waals surface area (Å²) >= 11 is 2.92. The molecule has 2 heterocycles. The van der Waals surface area contributed by atoms with E-state index in [4.69, 9.17) is 0 Å². The summed E-state index contributed by atoms with van der Waals surface area (Å²) in [5.41, 5.74) is 0.517. The minimum atomic E-state index is -0.870. The van der Waals surface area contributed by atoms with Crippen LogP contribution in [0.4, 0.5) is 4.39 Å². The number of hydrogen-bond donors (Lipinski definition) is 2. The van der Waals surface area contributed by atoms with Gasteiger partial charge in [-0.3, -0.25) is 10.1 Å². The molecule has 2 N–H and O–H groups in total. The maximum Gasteiger partial charge on any atom is 0.322 e. The molecule has 1 aliphatic rings. The predicted molar refractivity (Wildman–Crippen MR) is 86.5 cm³/mol. The first-order valence-corrected chi connectivity index (χ1v) is 8.45. The predicted octanol–water partition coefficient (Wildman–Crippen LogP) is 3.52. The molecule has 1 aromatic heterocycles. The van der Waals surface area contributed by atoms with Crippen molar-refractivity contribution in [2.24, 2.45) is 0 Å². The molecule has 1 fully saturated rings. The zero-order valence-electron chi connectivity index (χ0n) is 12.0. The van der Waals surface area contributed by atoms with Crippen molar-refractivity contribution in [3.63, 3.8) is 0 Å². The van der Waals surface area contributed by atoms with E-state index in [-0.39, 0.29) is 11.2 Å². The van der Waals surface area contributed by atoms with Crippen LogP contribution >= 0.6 is 23.1 Å². The van der Waals surface area contributed by atoms with Crippen molar-refractivity contribution in [1.82, 2.24) is 10.3 Å². The Kier molecular flexibility index (Phi) is 3.96. The minimum Gasteiger partial charge on any atom is -0.480 e. The van der Waals surface area contributed by atoms with E-state index in [1.807, 2.05) is 13.8 Å². The van der Waals surface area contributed by atoms with Crippen LogP contribution in [-0.2, 0) is 4.79 Å². The molecule has 2 atom stereocenters. The van der Waals surface area contributed by atoms with Crippen molar-refractivity contribution in [3.05, 3.63) is 41.3 Å². The summed E-state index contributed by atoms with van der Waals surface area (Å²) in [6.45, 7) is 3.80. The second-order valence-electron chi connectivity index (χ2n) is 5.58. The van der Waals surface area contributed by atoms with Gasteiger partial charge >= 0.3 is 5.97 Å². The van der Waals surface area contributed by atoms with Crippen LogP contribution in [0, 0.1) is 5.82 Å².